The maximum absolute atomic E-state index is 12.6. The van der Waals surface area contributed by atoms with Crippen LogP contribution in [0.4, 0.5) is 0 Å². The van der Waals surface area contributed by atoms with Crippen LogP contribution in [0.5, 0.6) is 0 Å². The van der Waals surface area contributed by atoms with E-state index in [9.17, 15) is 30.0 Å². The van der Waals surface area contributed by atoms with E-state index in [1.165, 1.54) is 70.6 Å². The van der Waals surface area contributed by atoms with Gasteiger partial charge in [0.2, 0.25) is 0 Å². The molecule has 6 atom stereocenters. The second-order valence-corrected chi connectivity index (χ2v) is 12.0. The lowest BCUT2D eigenvalue weighted by Crippen LogP contribution is -2.59. The number of unbranched alkanes of at least 4 members (excludes halogenated alkanes) is 16. The Hall–Kier alpha value is -1.30. The number of rotatable bonds is 27. The zero-order valence-corrected chi connectivity index (χ0v) is 27.0. The maximum Gasteiger partial charge on any atom is 0.306 e. The molecule has 1 aliphatic heterocycles. The van der Waals surface area contributed by atoms with Crippen molar-refractivity contribution in [2.75, 3.05) is 19.8 Å². The summed E-state index contributed by atoms with van der Waals surface area (Å²) in [4.78, 5) is 24.9. The number of hydrogen-bond donors (Lipinski definition) is 4. The highest BCUT2D eigenvalue weighted by molar-refractivity contribution is 5.70. The quantitative estimate of drug-likeness (QED) is 0.0723. The van der Waals surface area contributed by atoms with Gasteiger partial charge in [0.1, 0.15) is 31.0 Å². The van der Waals surface area contributed by atoms with Crippen molar-refractivity contribution in [2.24, 2.45) is 0 Å². The average molecular weight is 619 g/mol. The number of esters is 2. The van der Waals surface area contributed by atoms with E-state index in [0.717, 1.165) is 38.5 Å². The molecule has 1 aliphatic rings. The first-order valence-corrected chi connectivity index (χ1v) is 17.1. The summed E-state index contributed by atoms with van der Waals surface area (Å²) >= 11 is 0. The number of carbonyl (C=O) groups excluding carboxylic acids is 2. The number of hydrogen-bond acceptors (Lipinski definition) is 10. The lowest BCUT2D eigenvalue weighted by Gasteiger charge is -2.39. The largest absolute Gasteiger partial charge is 0.462 e. The molecule has 0 radical (unpaired) electrons. The fourth-order valence-corrected chi connectivity index (χ4v) is 5.19. The molecule has 10 nitrogen and oxygen atoms in total. The highest BCUT2D eigenvalue weighted by atomic mass is 16.7. The third kappa shape index (κ3) is 19.0. The van der Waals surface area contributed by atoms with E-state index in [1.54, 1.807) is 0 Å². The van der Waals surface area contributed by atoms with Crippen LogP contribution in [0, 0.1) is 0 Å². The lowest BCUT2D eigenvalue weighted by molar-refractivity contribution is -0.305. The van der Waals surface area contributed by atoms with Gasteiger partial charge in [-0.1, -0.05) is 117 Å². The van der Waals surface area contributed by atoms with Crippen LogP contribution in [-0.2, 0) is 28.5 Å². The van der Waals surface area contributed by atoms with Gasteiger partial charge in [0, 0.05) is 12.8 Å². The molecule has 1 rings (SSSR count). The minimum atomic E-state index is -1.59. The van der Waals surface area contributed by atoms with Crippen molar-refractivity contribution in [3.8, 4) is 0 Å². The van der Waals surface area contributed by atoms with Crippen LogP contribution in [0.1, 0.15) is 142 Å². The Bertz CT molecular complexity index is 689. The zero-order valence-electron chi connectivity index (χ0n) is 27.0. The molecule has 0 saturated carbocycles. The van der Waals surface area contributed by atoms with Gasteiger partial charge in [-0.3, -0.25) is 9.59 Å². The maximum atomic E-state index is 12.6. The second-order valence-electron chi connectivity index (χ2n) is 12.0. The minimum Gasteiger partial charge on any atom is -0.462 e. The molecule has 2 unspecified atom stereocenters. The van der Waals surface area contributed by atoms with Crippen molar-refractivity contribution >= 4 is 11.9 Å². The van der Waals surface area contributed by atoms with Gasteiger partial charge >= 0.3 is 11.9 Å². The summed E-state index contributed by atoms with van der Waals surface area (Å²) in [5.74, 6) is -0.809. The summed E-state index contributed by atoms with van der Waals surface area (Å²) < 4.78 is 21.9. The minimum absolute atomic E-state index is 0.211. The fourth-order valence-electron chi connectivity index (χ4n) is 5.19. The average Bonchev–Trinajstić information content (AvgIpc) is 3.00. The summed E-state index contributed by atoms with van der Waals surface area (Å²) in [6.45, 7) is 3.35. The SMILES string of the molecule is CCCCCCCCCCCC(=O)OCC(COC1O[C@H](CO)[C@@H](O)[C@H](O)[C@H]1O)OC(=O)CCCCCCCCCCC. The molecule has 0 aromatic heterocycles. The van der Waals surface area contributed by atoms with Gasteiger partial charge in [0.25, 0.3) is 0 Å². The smallest absolute Gasteiger partial charge is 0.306 e. The van der Waals surface area contributed by atoms with Gasteiger partial charge in [-0.15, -0.1) is 0 Å². The Kier molecular flexibility index (Phi) is 24.0. The molecule has 0 bridgehead atoms. The number of aliphatic hydroxyl groups excluding tert-OH is 4. The van der Waals surface area contributed by atoms with Crippen LogP contribution in [0.15, 0.2) is 0 Å². The molecule has 1 fully saturated rings. The highest BCUT2D eigenvalue weighted by Crippen LogP contribution is 2.22. The molecule has 4 N–H and O–H groups in total. The van der Waals surface area contributed by atoms with Crippen LogP contribution < -0.4 is 0 Å². The first kappa shape index (κ1) is 39.7. The Labute approximate surface area is 259 Å². The molecule has 254 valence electrons. The molecule has 43 heavy (non-hydrogen) atoms. The molecule has 1 heterocycles. The Morgan fingerprint density at radius 3 is 1.58 bits per heavy atom. The van der Waals surface area contributed by atoms with E-state index in [2.05, 4.69) is 13.8 Å². The predicted molar refractivity (Wildman–Crippen MR) is 164 cm³/mol. The van der Waals surface area contributed by atoms with Crippen molar-refractivity contribution in [3.63, 3.8) is 0 Å². The Morgan fingerprint density at radius 1 is 0.628 bits per heavy atom. The van der Waals surface area contributed by atoms with Crippen LogP contribution in [0.2, 0.25) is 0 Å². The lowest BCUT2D eigenvalue weighted by atomic mass is 9.99. The predicted octanol–water partition coefficient (Wildman–Crippen LogP) is 5.10. The summed E-state index contributed by atoms with van der Waals surface area (Å²) in [5.41, 5.74) is 0. The van der Waals surface area contributed by atoms with Crippen molar-refractivity contribution in [1.29, 1.82) is 0 Å². The van der Waals surface area contributed by atoms with Crippen molar-refractivity contribution < 1.29 is 49.0 Å². The van der Waals surface area contributed by atoms with Crippen LogP contribution >= 0.6 is 0 Å². The summed E-state index contributed by atoms with van der Waals surface area (Å²) in [6.07, 6.45) is 12.8. The van der Waals surface area contributed by atoms with E-state index in [-0.39, 0.29) is 32.0 Å². The van der Waals surface area contributed by atoms with E-state index in [1.807, 2.05) is 0 Å². The zero-order chi connectivity index (χ0) is 31.7. The van der Waals surface area contributed by atoms with Gasteiger partial charge in [0.15, 0.2) is 12.4 Å². The summed E-state index contributed by atoms with van der Waals surface area (Å²) in [7, 11) is 0. The Balaban J connectivity index is 2.46. The van der Waals surface area contributed by atoms with Crippen molar-refractivity contribution in [1.82, 2.24) is 0 Å². The van der Waals surface area contributed by atoms with Gasteiger partial charge in [-0.2, -0.15) is 0 Å². The molecule has 10 heteroatoms. The monoisotopic (exact) mass is 618 g/mol. The third-order valence-corrected chi connectivity index (χ3v) is 7.99. The topological polar surface area (TPSA) is 152 Å². The van der Waals surface area contributed by atoms with Crippen LogP contribution in [0.3, 0.4) is 0 Å². The number of carbonyl (C=O) groups is 2. The van der Waals surface area contributed by atoms with Crippen LogP contribution in [0.25, 0.3) is 0 Å². The summed E-state index contributed by atoms with van der Waals surface area (Å²) in [5, 5.41) is 39.7. The van der Waals surface area contributed by atoms with Gasteiger partial charge in [-0.25, -0.2) is 0 Å². The Morgan fingerprint density at radius 2 is 1.09 bits per heavy atom. The highest BCUT2D eigenvalue weighted by Gasteiger charge is 2.44. The first-order valence-electron chi connectivity index (χ1n) is 17.1. The van der Waals surface area contributed by atoms with Crippen molar-refractivity contribution in [2.45, 2.75) is 179 Å². The van der Waals surface area contributed by atoms with Gasteiger partial charge < -0.3 is 39.4 Å². The molecule has 0 aliphatic carbocycles. The standard InChI is InChI=1S/C33H62O10/c1-3-5-7-9-11-13-15-17-19-21-28(35)40-24-26(25-41-33-32(39)31(38)30(37)27(23-34)43-33)42-29(36)22-20-18-16-14-12-10-8-6-4-2/h26-27,30-34,37-39H,3-25H2,1-2H3/t26?,27-,30-,31+,32-,33?/m1/s1. The fraction of sp³-hybridized carbons (Fsp3) is 0.939. The summed E-state index contributed by atoms with van der Waals surface area (Å²) in [6, 6.07) is 0. The van der Waals surface area contributed by atoms with Crippen molar-refractivity contribution in [3.05, 3.63) is 0 Å². The van der Waals surface area contributed by atoms with E-state index < -0.39 is 49.4 Å². The number of aliphatic hydroxyl groups is 4. The number of ether oxygens (including phenoxy) is 4. The van der Waals surface area contributed by atoms with E-state index in [4.69, 9.17) is 18.9 Å². The molecule has 1 saturated heterocycles. The normalized spacial score (nSPS) is 22.8. The molecular formula is C33H62O10. The molecule has 0 amide bonds. The third-order valence-electron chi connectivity index (χ3n) is 7.99. The van der Waals surface area contributed by atoms with E-state index >= 15 is 0 Å². The van der Waals surface area contributed by atoms with Gasteiger partial charge in [0.05, 0.1) is 13.2 Å². The molecule has 0 spiro atoms. The van der Waals surface area contributed by atoms with Gasteiger partial charge in [-0.05, 0) is 12.8 Å². The molecular weight excluding hydrogens is 556 g/mol. The molecule has 0 aromatic carbocycles. The first-order chi connectivity index (χ1) is 20.8. The van der Waals surface area contributed by atoms with E-state index in [0.29, 0.717) is 6.42 Å². The van der Waals surface area contributed by atoms with Crippen LogP contribution in [-0.4, -0.2) is 89.0 Å². The molecule has 0 aromatic rings. The second kappa shape index (κ2) is 26.0.